The molecule has 0 bridgehead atoms. The Bertz CT molecular complexity index is 2100. The van der Waals surface area contributed by atoms with Gasteiger partial charge in [0.05, 0.1) is 29.7 Å². The number of anilines is 1. The molecule has 0 aliphatic carbocycles. The topological polar surface area (TPSA) is 108 Å². The van der Waals surface area contributed by atoms with Gasteiger partial charge in [-0.05, 0) is 37.3 Å². The first kappa shape index (κ1) is 29.1. The number of rotatable bonds is 8. The second-order valence-corrected chi connectivity index (χ2v) is 12.4. The highest BCUT2D eigenvalue weighted by Crippen LogP contribution is 2.42. The zero-order valence-electron chi connectivity index (χ0n) is 24.1. The second-order valence-electron chi connectivity index (χ2n) is 10.5. The van der Waals surface area contributed by atoms with E-state index in [-0.39, 0.29) is 28.2 Å². The predicted octanol–water partition coefficient (Wildman–Crippen LogP) is 7.01. The molecule has 0 aliphatic heterocycles. The fourth-order valence-corrected chi connectivity index (χ4v) is 6.21. The maximum Gasteiger partial charge on any atom is 0.257 e. The smallest absolute Gasteiger partial charge is 0.257 e. The van der Waals surface area contributed by atoms with Crippen molar-refractivity contribution in [3.63, 3.8) is 0 Å². The molecule has 0 atom stereocenters. The van der Waals surface area contributed by atoms with Crippen LogP contribution in [-0.4, -0.2) is 50.6 Å². The van der Waals surface area contributed by atoms with E-state index >= 15 is 0 Å². The molecule has 0 saturated heterocycles. The van der Waals surface area contributed by atoms with Crippen molar-refractivity contribution in [2.75, 3.05) is 24.2 Å². The molecular weight excluding hydrogens is 586 g/mol. The average molecular weight is 615 g/mol. The summed E-state index contributed by atoms with van der Waals surface area (Å²) in [5.41, 5.74) is 5.00. The maximum atomic E-state index is 13.8. The first-order valence-corrected chi connectivity index (χ1v) is 15.6. The van der Waals surface area contributed by atoms with Gasteiger partial charge in [0.1, 0.15) is 11.3 Å². The molecule has 0 unspecified atom stereocenters. The van der Waals surface area contributed by atoms with Crippen LogP contribution in [0.1, 0.15) is 15.9 Å². The van der Waals surface area contributed by atoms with E-state index in [1.54, 1.807) is 24.4 Å². The van der Waals surface area contributed by atoms with Gasteiger partial charge in [-0.25, -0.2) is 17.2 Å². The zero-order valence-corrected chi connectivity index (χ0v) is 24.9. The third kappa shape index (κ3) is 5.42. The summed E-state index contributed by atoms with van der Waals surface area (Å²) in [5.74, 6) is -0.160. The van der Waals surface area contributed by atoms with Gasteiger partial charge in [0.15, 0.2) is 0 Å². The molecule has 3 aromatic carbocycles. The number of pyridine rings is 1. The number of aromatic amines is 1. The van der Waals surface area contributed by atoms with Gasteiger partial charge >= 0.3 is 0 Å². The Kier molecular flexibility index (Phi) is 7.42. The minimum Gasteiger partial charge on any atom is -0.455 e. The van der Waals surface area contributed by atoms with E-state index in [0.29, 0.717) is 20.9 Å². The molecule has 2 N–H and O–H groups in total. The van der Waals surface area contributed by atoms with Crippen LogP contribution in [0.2, 0.25) is 0 Å². The number of sulfonamides is 1. The lowest BCUT2D eigenvalue weighted by molar-refractivity contribution is 0.0964. The number of alkyl halides is 2. The molecule has 44 heavy (non-hydrogen) atoms. The van der Waals surface area contributed by atoms with E-state index < -0.39 is 28.9 Å². The number of carbonyl (C=O) groups is 1. The quantitative estimate of drug-likeness (QED) is 0.192. The molecule has 0 aliphatic rings. The van der Waals surface area contributed by atoms with Crippen LogP contribution >= 0.6 is 0 Å². The van der Waals surface area contributed by atoms with Gasteiger partial charge in [-0.3, -0.25) is 14.1 Å². The summed E-state index contributed by atoms with van der Waals surface area (Å²) in [6, 6.07) is 23.6. The van der Waals surface area contributed by atoms with Crippen LogP contribution in [0.3, 0.4) is 0 Å². The Hall–Kier alpha value is -5.03. The van der Waals surface area contributed by atoms with E-state index in [9.17, 15) is 22.0 Å². The van der Waals surface area contributed by atoms with E-state index in [1.165, 1.54) is 13.1 Å². The maximum absolute atomic E-state index is 13.8. The number of carbonyl (C=O) groups excluding carboxylic acids is 1. The summed E-state index contributed by atoms with van der Waals surface area (Å²) in [4.78, 5) is 21.1. The third-order valence-corrected chi connectivity index (χ3v) is 8.57. The van der Waals surface area contributed by atoms with Crippen molar-refractivity contribution in [2.24, 2.45) is 0 Å². The number of amides is 1. The minimum atomic E-state index is -4.17. The van der Waals surface area contributed by atoms with Crippen molar-refractivity contribution >= 4 is 43.5 Å². The summed E-state index contributed by atoms with van der Waals surface area (Å²) in [6.07, 6.45) is -0.525. The number of nitrogens with one attached hydrogen (secondary N) is 2. The van der Waals surface area contributed by atoms with Crippen LogP contribution in [0, 0.1) is 6.92 Å². The molecule has 3 heterocycles. The number of hydrogen-bond acceptors (Lipinski definition) is 5. The van der Waals surface area contributed by atoms with Crippen LogP contribution in [0.5, 0.6) is 0 Å². The van der Waals surface area contributed by atoms with Crippen LogP contribution in [-0.2, 0) is 10.0 Å². The Morgan fingerprint density at radius 1 is 1.02 bits per heavy atom. The van der Waals surface area contributed by atoms with Crippen LogP contribution in [0.4, 0.5) is 14.5 Å². The number of fused-ring (bicyclic) bond motifs is 2. The monoisotopic (exact) mass is 614 g/mol. The Balaban J connectivity index is 1.63. The first-order chi connectivity index (χ1) is 21.0. The highest BCUT2D eigenvalue weighted by molar-refractivity contribution is 7.92. The molecule has 0 fully saturated rings. The first-order valence-electron chi connectivity index (χ1n) is 13.7. The molecule has 6 aromatic rings. The standard InChI is InChI=1S/C33H28F2N4O4S/c1-19-8-10-20(11-9-19)32-31(33(40)36-2)24-16-23(28(17-29(24)43-32)39(18-30(34)35)44(3,41)42)27-15-22(12-13-37-27)26-14-21-6-4-5-7-25(21)38-26/h4-17,30,38H,18H2,1-3H3,(H,36,40). The molecule has 3 aromatic heterocycles. The number of halogens is 2. The number of hydrogen-bond donors (Lipinski definition) is 2. The number of H-pyrrole nitrogens is 1. The Labute approximate surface area is 252 Å². The number of aromatic nitrogens is 2. The van der Waals surface area contributed by atoms with E-state index in [2.05, 4.69) is 15.3 Å². The van der Waals surface area contributed by atoms with Crippen LogP contribution in [0.15, 0.2) is 89.5 Å². The minimum absolute atomic E-state index is 0.0470. The van der Waals surface area contributed by atoms with Crippen molar-refractivity contribution in [1.29, 1.82) is 0 Å². The van der Waals surface area contributed by atoms with Crippen LogP contribution < -0.4 is 9.62 Å². The third-order valence-electron chi connectivity index (χ3n) is 7.42. The number of para-hydroxylation sites is 1. The van der Waals surface area contributed by atoms with Gasteiger partial charge < -0.3 is 14.7 Å². The number of benzene rings is 3. The fourth-order valence-electron chi connectivity index (χ4n) is 5.31. The molecule has 6 rings (SSSR count). The molecule has 8 nitrogen and oxygen atoms in total. The lowest BCUT2D eigenvalue weighted by Crippen LogP contribution is -2.34. The summed E-state index contributed by atoms with van der Waals surface area (Å²) >= 11 is 0. The Morgan fingerprint density at radius 2 is 1.77 bits per heavy atom. The summed E-state index contributed by atoms with van der Waals surface area (Å²) in [7, 11) is -2.68. The van der Waals surface area contributed by atoms with Gasteiger partial charge in [-0.1, -0.05) is 48.0 Å². The summed E-state index contributed by atoms with van der Waals surface area (Å²) in [6.45, 7) is 0.854. The van der Waals surface area contributed by atoms with Gasteiger partial charge in [-0.15, -0.1) is 0 Å². The highest BCUT2D eigenvalue weighted by Gasteiger charge is 2.29. The van der Waals surface area contributed by atoms with E-state index in [1.807, 2.05) is 61.5 Å². The highest BCUT2D eigenvalue weighted by atomic mass is 32.2. The summed E-state index contributed by atoms with van der Waals surface area (Å²) < 4.78 is 60.3. The molecule has 0 radical (unpaired) electrons. The molecule has 0 saturated carbocycles. The molecule has 11 heteroatoms. The van der Waals surface area contributed by atoms with E-state index in [0.717, 1.165) is 34.0 Å². The van der Waals surface area contributed by atoms with Gasteiger partial charge in [0.2, 0.25) is 10.0 Å². The molecule has 224 valence electrons. The van der Waals surface area contributed by atoms with Gasteiger partial charge in [0.25, 0.3) is 12.3 Å². The zero-order chi connectivity index (χ0) is 31.2. The van der Waals surface area contributed by atoms with Crippen LogP contribution in [0.25, 0.3) is 55.7 Å². The molecule has 1 amide bonds. The molecular formula is C33H28F2N4O4S. The normalized spacial score (nSPS) is 11.9. The number of aryl methyl sites for hydroxylation is 1. The Morgan fingerprint density at radius 3 is 2.45 bits per heavy atom. The van der Waals surface area contributed by atoms with E-state index in [4.69, 9.17) is 4.42 Å². The van der Waals surface area contributed by atoms with Crippen molar-refractivity contribution in [3.05, 3.63) is 96.2 Å². The number of furan rings is 1. The lowest BCUT2D eigenvalue weighted by atomic mass is 9.99. The average Bonchev–Trinajstić information content (AvgIpc) is 3.60. The van der Waals surface area contributed by atoms with Crippen molar-refractivity contribution in [3.8, 4) is 33.8 Å². The molecule has 0 spiro atoms. The number of nitrogens with zero attached hydrogens (tertiary/aromatic N) is 2. The predicted molar refractivity (Wildman–Crippen MR) is 168 cm³/mol. The van der Waals surface area contributed by atoms with Crippen molar-refractivity contribution in [1.82, 2.24) is 15.3 Å². The lowest BCUT2D eigenvalue weighted by Gasteiger charge is -2.24. The second kappa shape index (κ2) is 11.2. The summed E-state index contributed by atoms with van der Waals surface area (Å²) in [5, 5.41) is 4.02. The van der Waals surface area contributed by atoms with Gasteiger partial charge in [0, 0.05) is 58.0 Å². The van der Waals surface area contributed by atoms with Crippen molar-refractivity contribution in [2.45, 2.75) is 13.3 Å². The SMILES string of the molecule is CNC(=O)c1c(-c2ccc(C)cc2)oc2cc(N(CC(F)F)S(C)(=O)=O)c(-c3cc(-c4cc5ccccc5[nH]4)ccn3)cc12. The fraction of sp³-hybridized carbons (Fsp3) is 0.152. The van der Waals surface area contributed by atoms with Gasteiger partial charge in [-0.2, -0.15) is 0 Å². The van der Waals surface area contributed by atoms with Crippen molar-refractivity contribution < 1.29 is 26.4 Å². The largest absolute Gasteiger partial charge is 0.455 e.